The maximum absolute atomic E-state index is 12.6. The lowest BCUT2D eigenvalue weighted by Gasteiger charge is -2.07. The molecule has 5 heteroatoms. The van der Waals surface area contributed by atoms with Crippen molar-refractivity contribution < 1.29 is 4.79 Å². The Morgan fingerprint density at radius 3 is 2.39 bits per heavy atom. The SMILES string of the molecule is Cc1ccc(-c2c(-c3ccccc3)sc(=NC(=O)c3cccnc3)n2C)cc1. The highest BCUT2D eigenvalue weighted by Gasteiger charge is 2.16. The molecule has 0 unspecified atom stereocenters. The third-order valence-corrected chi connectivity index (χ3v) is 5.68. The molecule has 0 N–H and O–H groups in total. The Morgan fingerprint density at radius 1 is 0.964 bits per heavy atom. The summed E-state index contributed by atoms with van der Waals surface area (Å²) < 4.78 is 1.99. The maximum atomic E-state index is 12.6. The first-order chi connectivity index (χ1) is 13.6. The van der Waals surface area contributed by atoms with Gasteiger partial charge >= 0.3 is 0 Å². The Labute approximate surface area is 167 Å². The molecule has 2 aromatic heterocycles. The van der Waals surface area contributed by atoms with Crippen molar-refractivity contribution in [2.24, 2.45) is 12.0 Å². The summed E-state index contributed by atoms with van der Waals surface area (Å²) in [5.41, 5.74) is 4.94. The minimum atomic E-state index is -0.292. The molecule has 0 saturated carbocycles. The van der Waals surface area contributed by atoms with Gasteiger partial charge in [-0.1, -0.05) is 71.5 Å². The Morgan fingerprint density at radius 2 is 1.71 bits per heavy atom. The standard InChI is InChI=1S/C23H19N3OS/c1-16-10-12-17(13-11-16)20-21(18-7-4-3-5-8-18)28-23(26(20)2)25-22(27)19-9-6-14-24-15-19/h3-15H,1-2H3. The van der Waals surface area contributed by atoms with Crippen LogP contribution in [-0.4, -0.2) is 15.5 Å². The van der Waals surface area contributed by atoms with Crippen LogP contribution >= 0.6 is 11.3 Å². The van der Waals surface area contributed by atoms with Crippen LogP contribution in [-0.2, 0) is 7.05 Å². The lowest BCUT2D eigenvalue weighted by Crippen LogP contribution is -2.14. The number of carbonyl (C=O) groups excluding carboxylic acids is 1. The van der Waals surface area contributed by atoms with Crippen LogP contribution in [0.2, 0.25) is 0 Å². The first kappa shape index (κ1) is 18.1. The molecule has 2 aromatic carbocycles. The normalized spacial score (nSPS) is 11.6. The molecule has 0 saturated heterocycles. The molecular formula is C23H19N3OS. The molecule has 0 aliphatic rings. The highest BCUT2D eigenvalue weighted by atomic mass is 32.1. The summed E-state index contributed by atoms with van der Waals surface area (Å²) in [4.78, 5) is 22.7. The summed E-state index contributed by atoms with van der Waals surface area (Å²) in [5.74, 6) is -0.292. The molecule has 0 radical (unpaired) electrons. The lowest BCUT2D eigenvalue weighted by molar-refractivity contribution is 0.0997. The predicted octanol–water partition coefficient (Wildman–Crippen LogP) is 4.87. The van der Waals surface area contributed by atoms with Crippen LogP contribution in [0, 0.1) is 6.92 Å². The number of carbonyl (C=O) groups is 1. The van der Waals surface area contributed by atoms with Crippen LogP contribution in [0.25, 0.3) is 21.7 Å². The summed E-state index contributed by atoms with van der Waals surface area (Å²) in [6.45, 7) is 2.07. The number of rotatable bonds is 3. The van der Waals surface area contributed by atoms with Crippen LogP contribution in [0.3, 0.4) is 0 Å². The molecule has 138 valence electrons. The van der Waals surface area contributed by atoms with E-state index in [4.69, 9.17) is 0 Å². The summed E-state index contributed by atoms with van der Waals surface area (Å²) in [6, 6.07) is 22.1. The average Bonchev–Trinajstić information content (AvgIpc) is 3.06. The van der Waals surface area contributed by atoms with Crippen LogP contribution in [0.5, 0.6) is 0 Å². The second-order valence-electron chi connectivity index (χ2n) is 6.51. The number of thiazole rings is 1. The van der Waals surface area contributed by atoms with Crippen LogP contribution in [0.4, 0.5) is 0 Å². The predicted molar refractivity (Wildman–Crippen MR) is 113 cm³/mol. The van der Waals surface area contributed by atoms with Crippen molar-refractivity contribution >= 4 is 17.2 Å². The van der Waals surface area contributed by atoms with Crippen molar-refractivity contribution in [3.8, 4) is 21.7 Å². The van der Waals surface area contributed by atoms with Gasteiger partial charge in [-0.25, -0.2) is 0 Å². The highest BCUT2D eigenvalue weighted by Crippen LogP contribution is 2.34. The fourth-order valence-electron chi connectivity index (χ4n) is 3.02. The largest absolute Gasteiger partial charge is 0.319 e. The highest BCUT2D eigenvalue weighted by molar-refractivity contribution is 7.13. The molecule has 0 atom stereocenters. The van der Waals surface area contributed by atoms with Gasteiger partial charge in [-0.05, 0) is 30.2 Å². The fourth-order valence-corrected chi connectivity index (χ4v) is 4.16. The minimum Gasteiger partial charge on any atom is -0.319 e. The number of hydrogen-bond acceptors (Lipinski definition) is 3. The molecule has 4 aromatic rings. The molecule has 0 fully saturated rings. The third-order valence-electron chi connectivity index (χ3n) is 4.50. The summed E-state index contributed by atoms with van der Waals surface area (Å²) >= 11 is 1.52. The molecular weight excluding hydrogens is 366 g/mol. The van der Waals surface area contributed by atoms with Gasteiger partial charge in [0.1, 0.15) is 0 Å². The van der Waals surface area contributed by atoms with E-state index in [1.165, 1.54) is 16.9 Å². The van der Waals surface area contributed by atoms with E-state index in [0.29, 0.717) is 10.4 Å². The van der Waals surface area contributed by atoms with Gasteiger partial charge in [0.05, 0.1) is 16.1 Å². The minimum absolute atomic E-state index is 0.292. The van der Waals surface area contributed by atoms with Gasteiger partial charge in [0.15, 0.2) is 4.80 Å². The van der Waals surface area contributed by atoms with E-state index in [-0.39, 0.29) is 5.91 Å². The average molecular weight is 385 g/mol. The molecule has 0 aliphatic heterocycles. The molecule has 4 nitrogen and oxygen atoms in total. The van der Waals surface area contributed by atoms with Gasteiger partial charge in [0.2, 0.25) is 0 Å². The molecule has 4 rings (SSSR count). The van der Waals surface area contributed by atoms with Crippen molar-refractivity contribution in [3.05, 3.63) is 95.1 Å². The number of aryl methyl sites for hydroxylation is 1. The number of benzene rings is 2. The van der Waals surface area contributed by atoms with E-state index < -0.39 is 0 Å². The molecule has 2 heterocycles. The van der Waals surface area contributed by atoms with Gasteiger partial charge in [0, 0.05) is 19.4 Å². The van der Waals surface area contributed by atoms with Crippen LogP contribution < -0.4 is 4.80 Å². The number of nitrogens with zero attached hydrogens (tertiary/aromatic N) is 3. The smallest absolute Gasteiger partial charge is 0.281 e. The zero-order valence-electron chi connectivity index (χ0n) is 15.7. The van der Waals surface area contributed by atoms with Crippen molar-refractivity contribution in [1.29, 1.82) is 0 Å². The van der Waals surface area contributed by atoms with Gasteiger partial charge < -0.3 is 4.57 Å². The molecule has 0 spiro atoms. The van der Waals surface area contributed by atoms with Crippen LogP contribution in [0.15, 0.2) is 84.1 Å². The Hall–Kier alpha value is -3.31. The van der Waals surface area contributed by atoms with Crippen molar-refractivity contribution in [2.45, 2.75) is 6.92 Å². The van der Waals surface area contributed by atoms with E-state index in [1.807, 2.05) is 29.8 Å². The van der Waals surface area contributed by atoms with Gasteiger partial charge in [0.25, 0.3) is 5.91 Å². The second-order valence-corrected chi connectivity index (χ2v) is 7.49. The van der Waals surface area contributed by atoms with Gasteiger partial charge in [-0.15, -0.1) is 0 Å². The lowest BCUT2D eigenvalue weighted by atomic mass is 10.1. The Bertz CT molecular complexity index is 1170. The van der Waals surface area contributed by atoms with Crippen molar-refractivity contribution in [2.75, 3.05) is 0 Å². The second kappa shape index (κ2) is 7.74. The first-order valence-corrected chi connectivity index (χ1v) is 9.76. The van der Waals surface area contributed by atoms with Gasteiger partial charge in [-0.3, -0.25) is 9.78 Å². The third kappa shape index (κ3) is 3.57. The van der Waals surface area contributed by atoms with E-state index >= 15 is 0 Å². The maximum Gasteiger partial charge on any atom is 0.281 e. The Balaban J connectivity index is 1.91. The quantitative estimate of drug-likeness (QED) is 0.505. The summed E-state index contributed by atoms with van der Waals surface area (Å²) in [5, 5.41) is 0. The fraction of sp³-hybridized carbons (Fsp3) is 0.0870. The molecule has 0 bridgehead atoms. The monoisotopic (exact) mass is 385 g/mol. The zero-order chi connectivity index (χ0) is 19.5. The number of pyridine rings is 1. The van der Waals surface area contributed by atoms with E-state index in [2.05, 4.69) is 53.3 Å². The van der Waals surface area contributed by atoms with E-state index in [1.54, 1.807) is 24.5 Å². The molecule has 1 amide bonds. The number of aromatic nitrogens is 2. The summed E-state index contributed by atoms with van der Waals surface area (Å²) in [6.07, 6.45) is 3.18. The molecule has 0 aliphatic carbocycles. The van der Waals surface area contributed by atoms with E-state index in [9.17, 15) is 4.79 Å². The van der Waals surface area contributed by atoms with Crippen molar-refractivity contribution in [3.63, 3.8) is 0 Å². The summed E-state index contributed by atoms with van der Waals surface area (Å²) in [7, 11) is 1.95. The topological polar surface area (TPSA) is 47.2 Å². The van der Waals surface area contributed by atoms with Gasteiger partial charge in [-0.2, -0.15) is 4.99 Å². The number of amides is 1. The zero-order valence-corrected chi connectivity index (χ0v) is 16.5. The molecule has 28 heavy (non-hydrogen) atoms. The van der Waals surface area contributed by atoms with E-state index in [0.717, 1.165) is 21.7 Å². The number of hydrogen-bond donors (Lipinski definition) is 0. The van der Waals surface area contributed by atoms with Crippen LogP contribution in [0.1, 0.15) is 15.9 Å². The Kier molecular flexibility index (Phi) is 5.00. The first-order valence-electron chi connectivity index (χ1n) is 8.95. The van der Waals surface area contributed by atoms with Crippen molar-refractivity contribution in [1.82, 2.24) is 9.55 Å².